The van der Waals surface area contributed by atoms with Crippen molar-refractivity contribution < 1.29 is 9.90 Å². The fraction of sp³-hybridized carbons (Fsp3) is 0.188. The molecule has 2 rings (SSSR count). The van der Waals surface area contributed by atoms with Crippen molar-refractivity contribution >= 4 is 17.6 Å². The maximum Gasteiger partial charge on any atom is 0.315 e. The topological polar surface area (TPSA) is 61.4 Å². The summed E-state index contributed by atoms with van der Waals surface area (Å²) < 4.78 is 0. The summed E-state index contributed by atoms with van der Waals surface area (Å²) in [7, 11) is 0. The molecule has 0 heterocycles. The van der Waals surface area contributed by atoms with E-state index in [1.165, 1.54) is 0 Å². The third-order valence-corrected chi connectivity index (χ3v) is 3.28. The SMILES string of the molecule is O=C(NCc1ccc(Cl)cc1)NCc1ccc(CO)cc1. The molecule has 2 aromatic carbocycles. The van der Waals surface area contributed by atoms with Gasteiger partial charge in [-0.3, -0.25) is 0 Å². The Bertz CT molecular complexity index is 582. The molecule has 0 aliphatic carbocycles. The van der Waals surface area contributed by atoms with Gasteiger partial charge in [0, 0.05) is 18.1 Å². The van der Waals surface area contributed by atoms with Crippen molar-refractivity contribution in [2.75, 3.05) is 0 Å². The van der Waals surface area contributed by atoms with E-state index in [1.807, 2.05) is 36.4 Å². The molecule has 0 aliphatic heterocycles. The number of carbonyl (C=O) groups is 1. The molecular weight excluding hydrogens is 288 g/mol. The Kier molecular flexibility index (Phi) is 5.60. The Balaban J connectivity index is 1.75. The molecule has 110 valence electrons. The molecule has 0 aliphatic rings. The summed E-state index contributed by atoms with van der Waals surface area (Å²) in [6.07, 6.45) is 0. The van der Waals surface area contributed by atoms with Crippen LogP contribution in [0.3, 0.4) is 0 Å². The van der Waals surface area contributed by atoms with Crippen LogP contribution in [0.2, 0.25) is 5.02 Å². The number of urea groups is 1. The first-order valence-electron chi connectivity index (χ1n) is 6.62. The standard InChI is InChI=1S/C16H17ClN2O2/c17-15-7-5-13(6-8-15)10-19-16(21)18-9-12-1-3-14(11-20)4-2-12/h1-8,20H,9-11H2,(H2,18,19,21). The quantitative estimate of drug-likeness (QED) is 0.795. The third-order valence-electron chi connectivity index (χ3n) is 3.02. The molecule has 0 spiro atoms. The zero-order chi connectivity index (χ0) is 15.1. The van der Waals surface area contributed by atoms with E-state index >= 15 is 0 Å². The van der Waals surface area contributed by atoms with E-state index in [9.17, 15) is 4.79 Å². The Morgan fingerprint density at radius 3 is 1.76 bits per heavy atom. The van der Waals surface area contributed by atoms with Crippen molar-refractivity contribution in [1.29, 1.82) is 0 Å². The second-order valence-corrected chi connectivity index (χ2v) is 5.07. The van der Waals surface area contributed by atoms with E-state index < -0.39 is 0 Å². The summed E-state index contributed by atoms with van der Waals surface area (Å²) in [6.45, 7) is 0.917. The van der Waals surface area contributed by atoms with Gasteiger partial charge in [0.1, 0.15) is 0 Å². The van der Waals surface area contributed by atoms with Crippen LogP contribution < -0.4 is 10.6 Å². The van der Waals surface area contributed by atoms with Crippen molar-refractivity contribution in [3.63, 3.8) is 0 Å². The maximum atomic E-state index is 11.7. The van der Waals surface area contributed by atoms with Crippen molar-refractivity contribution in [2.45, 2.75) is 19.7 Å². The van der Waals surface area contributed by atoms with Gasteiger partial charge in [-0.1, -0.05) is 48.0 Å². The highest BCUT2D eigenvalue weighted by molar-refractivity contribution is 6.30. The number of aliphatic hydroxyl groups is 1. The lowest BCUT2D eigenvalue weighted by Crippen LogP contribution is -2.34. The number of hydrogen-bond acceptors (Lipinski definition) is 2. The smallest absolute Gasteiger partial charge is 0.315 e. The summed E-state index contributed by atoms with van der Waals surface area (Å²) in [4.78, 5) is 11.7. The number of halogens is 1. The Hall–Kier alpha value is -2.04. The van der Waals surface area contributed by atoms with E-state index in [-0.39, 0.29) is 12.6 Å². The van der Waals surface area contributed by atoms with E-state index in [0.717, 1.165) is 16.7 Å². The molecule has 0 bridgehead atoms. The van der Waals surface area contributed by atoms with Crippen LogP contribution in [0.5, 0.6) is 0 Å². The van der Waals surface area contributed by atoms with Crippen molar-refractivity contribution in [3.05, 3.63) is 70.2 Å². The Morgan fingerprint density at radius 1 is 0.857 bits per heavy atom. The van der Waals surface area contributed by atoms with Crippen LogP contribution in [0, 0.1) is 0 Å². The van der Waals surface area contributed by atoms with Gasteiger partial charge in [0.05, 0.1) is 6.61 Å². The number of nitrogens with one attached hydrogen (secondary N) is 2. The third kappa shape index (κ3) is 5.10. The molecule has 0 aromatic heterocycles. The number of benzene rings is 2. The first kappa shape index (κ1) is 15.4. The lowest BCUT2D eigenvalue weighted by molar-refractivity contribution is 0.240. The van der Waals surface area contributed by atoms with E-state index in [4.69, 9.17) is 16.7 Å². The first-order valence-corrected chi connectivity index (χ1v) is 7.00. The second-order valence-electron chi connectivity index (χ2n) is 4.64. The Morgan fingerprint density at radius 2 is 1.29 bits per heavy atom. The van der Waals surface area contributed by atoms with Gasteiger partial charge in [-0.05, 0) is 28.8 Å². The molecule has 0 radical (unpaired) electrons. The van der Waals surface area contributed by atoms with Gasteiger partial charge in [0.25, 0.3) is 0 Å². The number of aliphatic hydroxyl groups excluding tert-OH is 1. The van der Waals surface area contributed by atoms with Crippen LogP contribution >= 0.6 is 11.6 Å². The monoisotopic (exact) mass is 304 g/mol. The first-order chi connectivity index (χ1) is 10.2. The molecule has 0 saturated carbocycles. The van der Waals surface area contributed by atoms with Gasteiger partial charge in [0.2, 0.25) is 0 Å². The average molecular weight is 305 g/mol. The number of rotatable bonds is 5. The minimum atomic E-state index is -0.226. The van der Waals surface area contributed by atoms with Crippen molar-refractivity contribution in [2.24, 2.45) is 0 Å². The predicted molar refractivity (Wildman–Crippen MR) is 82.9 cm³/mol. The lowest BCUT2D eigenvalue weighted by atomic mass is 10.1. The van der Waals surface area contributed by atoms with Gasteiger partial charge in [-0.15, -0.1) is 0 Å². The highest BCUT2D eigenvalue weighted by Gasteiger charge is 2.01. The highest BCUT2D eigenvalue weighted by Crippen LogP contribution is 2.09. The zero-order valence-corrected chi connectivity index (χ0v) is 12.2. The predicted octanol–water partition coefficient (Wildman–Crippen LogP) is 2.83. The van der Waals surface area contributed by atoms with E-state index in [1.54, 1.807) is 12.1 Å². The molecule has 5 heteroatoms. The largest absolute Gasteiger partial charge is 0.392 e. The summed E-state index contributed by atoms with van der Waals surface area (Å²) in [5.41, 5.74) is 2.82. The van der Waals surface area contributed by atoms with Gasteiger partial charge in [-0.25, -0.2) is 4.79 Å². The van der Waals surface area contributed by atoms with E-state index in [0.29, 0.717) is 18.1 Å². The molecule has 0 fully saturated rings. The minimum absolute atomic E-state index is 0.0231. The summed E-state index contributed by atoms with van der Waals surface area (Å²) >= 11 is 5.80. The molecule has 2 aromatic rings. The molecule has 0 saturated heterocycles. The van der Waals surface area contributed by atoms with E-state index in [2.05, 4.69) is 10.6 Å². The lowest BCUT2D eigenvalue weighted by Gasteiger charge is -2.08. The minimum Gasteiger partial charge on any atom is -0.392 e. The highest BCUT2D eigenvalue weighted by atomic mass is 35.5. The number of amides is 2. The second kappa shape index (κ2) is 7.67. The summed E-state index contributed by atoms with van der Waals surface area (Å²) in [5, 5.41) is 15.2. The van der Waals surface area contributed by atoms with Crippen LogP contribution in [0.4, 0.5) is 4.79 Å². The van der Waals surface area contributed by atoms with Gasteiger partial charge in [0.15, 0.2) is 0 Å². The van der Waals surface area contributed by atoms with Crippen LogP contribution in [-0.2, 0) is 19.7 Å². The molecule has 4 nitrogen and oxygen atoms in total. The molecule has 2 amide bonds. The molecule has 3 N–H and O–H groups in total. The summed E-state index contributed by atoms with van der Waals surface area (Å²) in [5.74, 6) is 0. The van der Waals surface area contributed by atoms with Crippen molar-refractivity contribution in [3.8, 4) is 0 Å². The molecule has 0 atom stereocenters. The number of hydrogen-bond donors (Lipinski definition) is 3. The van der Waals surface area contributed by atoms with Crippen molar-refractivity contribution in [1.82, 2.24) is 10.6 Å². The average Bonchev–Trinajstić information content (AvgIpc) is 2.53. The normalized spacial score (nSPS) is 10.2. The molecular formula is C16H17ClN2O2. The van der Waals surface area contributed by atoms with Gasteiger partial charge < -0.3 is 15.7 Å². The Labute approximate surface area is 128 Å². The fourth-order valence-corrected chi connectivity index (χ4v) is 1.92. The molecule has 0 unspecified atom stereocenters. The van der Waals surface area contributed by atoms with Crippen LogP contribution in [-0.4, -0.2) is 11.1 Å². The van der Waals surface area contributed by atoms with Gasteiger partial charge in [-0.2, -0.15) is 0 Å². The summed E-state index contributed by atoms with van der Waals surface area (Å²) in [6, 6.07) is 14.5. The fourth-order valence-electron chi connectivity index (χ4n) is 1.79. The van der Waals surface area contributed by atoms with Crippen LogP contribution in [0.25, 0.3) is 0 Å². The maximum absolute atomic E-state index is 11.7. The number of carbonyl (C=O) groups excluding carboxylic acids is 1. The van der Waals surface area contributed by atoms with Crippen LogP contribution in [0.1, 0.15) is 16.7 Å². The zero-order valence-electron chi connectivity index (χ0n) is 11.5. The van der Waals surface area contributed by atoms with Gasteiger partial charge >= 0.3 is 6.03 Å². The van der Waals surface area contributed by atoms with Crippen LogP contribution in [0.15, 0.2) is 48.5 Å². The molecule has 21 heavy (non-hydrogen) atoms.